The van der Waals surface area contributed by atoms with Gasteiger partial charge in [-0.05, 0) is 43.1 Å². The minimum absolute atomic E-state index is 0.0394. The number of hydrogen-bond donors (Lipinski definition) is 3. The van der Waals surface area contributed by atoms with E-state index in [0.717, 1.165) is 70.1 Å². The van der Waals surface area contributed by atoms with E-state index in [1.165, 1.54) is 6.42 Å². The van der Waals surface area contributed by atoms with Crippen molar-refractivity contribution in [3.05, 3.63) is 60.7 Å². The molecule has 5 aromatic rings. The van der Waals surface area contributed by atoms with Gasteiger partial charge in [-0.25, -0.2) is 4.98 Å². The first kappa shape index (κ1) is 25.1. The van der Waals surface area contributed by atoms with Crippen LogP contribution in [0, 0.1) is 0 Å². The lowest BCUT2D eigenvalue weighted by molar-refractivity contribution is 0.0915. The Bertz CT molecular complexity index is 1630. The lowest BCUT2D eigenvalue weighted by Crippen LogP contribution is -2.51. The predicted octanol–water partition coefficient (Wildman–Crippen LogP) is 4.84. The van der Waals surface area contributed by atoms with Crippen molar-refractivity contribution in [3.8, 4) is 28.1 Å². The fourth-order valence-electron chi connectivity index (χ4n) is 5.74. The summed E-state index contributed by atoms with van der Waals surface area (Å²) in [6, 6.07) is 10.3. The van der Waals surface area contributed by atoms with Crippen molar-refractivity contribution in [2.24, 2.45) is 7.05 Å². The number of rotatable bonds is 7. The molecule has 3 N–H and O–H groups in total. The van der Waals surface area contributed by atoms with E-state index in [4.69, 9.17) is 4.74 Å². The number of carbonyl (C=O) groups excluding carboxylic acids is 1. The molecule has 1 aromatic carbocycles. The van der Waals surface area contributed by atoms with Crippen LogP contribution in [0.5, 0.6) is 5.75 Å². The summed E-state index contributed by atoms with van der Waals surface area (Å²) in [7, 11) is 3.54. The van der Waals surface area contributed by atoms with E-state index in [2.05, 4.69) is 43.7 Å². The number of methoxy groups -OCH3 is 1. The summed E-state index contributed by atoms with van der Waals surface area (Å²) in [5.41, 5.74) is 5.92. The summed E-state index contributed by atoms with van der Waals surface area (Å²) < 4.78 is 7.53. The van der Waals surface area contributed by atoms with Crippen LogP contribution in [0.4, 0.5) is 0 Å². The second kappa shape index (κ2) is 10.5. The third-order valence-electron chi connectivity index (χ3n) is 7.68. The third-order valence-corrected chi connectivity index (χ3v) is 7.68. The van der Waals surface area contributed by atoms with E-state index in [9.17, 15) is 4.79 Å². The van der Waals surface area contributed by atoms with Gasteiger partial charge >= 0.3 is 0 Å². The molecule has 6 rings (SSSR count). The van der Waals surface area contributed by atoms with E-state index < -0.39 is 0 Å². The number of H-pyrrole nitrogens is 1. The maximum absolute atomic E-state index is 13.2. The molecule has 1 fully saturated rings. The topological polar surface area (TPSA) is 110 Å². The Hall–Kier alpha value is -4.24. The molecular weight excluding hydrogens is 490 g/mol. The van der Waals surface area contributed by atoms with Gasteiger partial charge in [0.05, 0.1) is 36.9 Å². The Morgan fingerprint density at radius 1 is 1.08 bits per heavy atom. The molecule has 0 spiro atoms. The van der Waals surface area contributed by atoms with Gasteiger partial charge in [0, 0.05) is 52.8 Å². The Labute approximate surface area is 227 Å². The second-order valence-electron chi connectivity index (χ2n) is 10.2. The van der Waals surface area contributed by atoms with E-state index in [1.54, 1.807) is 24.2 Å². The number of pyridine rings is 2. The average Bonchev–Trinajstić information content (AvgIpc) is 3.56. The molecule has 1 amide bonds. The van der Waals surface area contributed by atoms with Crippen LogP contribution in [0.1, 0.15) is 43.0 Å². The maximum Gasteiger partial charge on any atom is 0.251 e. The van der Waals surface area contributed by atoms with Gasteiger partial charge < -0.3 is 20.4 Å². The first-order chi connectivity index (χ1) is 19.1. The first-order valence-corrected chi connectivity index (χ1v) is 13.5. The summed E-state index contributed by atoms with van der Waals surface area (Å²) in [6.07, 6.45) is 11.8. The number of amides is 1. The van der Waals surface area contributed by atoms with Gasteiger partial charge in [-0.3, -0.25) is 14.5 Å². The number of fused-ring (bicyclic) bond motifs is 3. The number of aromatic nitrogens is 5. The Morgan fingerprint density at radius 3 is 2.59 bits per heavy atom. The monoisotopic (exact) mass is 523 g/mol. The standard InChI is InChI=1S/C30H33N7O2/c1-4-31-22-7-5-6-8-23(22)36-30(38)19-11-9-18(10-12-19)27-26(39-3)16-33-29-28(27)21-13-24(32-15-25(21)35-29)20-14-34-37(2)17-20/h9-17,22-23,31H,4-8H2,1-3H3,(H,33,35)(H,36,38)/t22-,23-/m1/s1. The Kier molecular flexibility index (Phi) is 6.74. The van der Waals surface area contributed by atoms with Crippen LogP contribution in [0.2, 0.25) is 0 Å². The Balaban J connectivity index is 1.37. The third kappa shape index (κ3) is 4.74. The van der Waals surface area contributed by atoms with Crippen LogP contribution in [0.3, 0.4) is 0 Å². The van der Waals surface area contributed by atoms with Gasteiger partial charge in [-0.2, -0.15) is 5.10 Å². The highest BCUT2D eigenvalue weighted by Gasteiger charge is 2.26. The van der Waals surface area contributed by atoms with Crippen molar-refractivity contribution < 1.29 is 9.53 Å². The summed E-state index contributed by atoms with van der Waals surface area (Å²) in [6.45, 7) is 3.02. The van der Waals surface area contributed by atoms with E-state index in [-0.39, 0.29) is 11.9 Å². The lowest BCUT2D eigenvalue weighted by atomic mass is 9.90. The number of benzene rings is 1. The molecule has 2 atom stereocenters. The van der Waals surface area contributed by atoms with Crippen LogP contribution < -0.4 is 15.4 Å². The fourth-order valence-corrected chi connectivity index (χ4v) is 5.74. The zero-order valence-electron chi connectivity index (χ0n) is 22.5. The number of aryl methyl sites for hydroxylation is 1. The molecule has 1 saturated carbocycles. The normalized spacial score (nSPS) is 17.5. The van der Waals surface area contributed by atoms with Gasteiger partial charge in [-0.15, -0.1) is 0 Å². The molecule has 1 aliphatic rings. The molecule has 9 nitrogen and oxygen atoms in total. The molecule has 9 heteroatoms. The van der Waals surface area contributed by atoms with Gasteiger partial charge in [0.15, 0.2) is 0 Å². The van der Waals surface area contributed by atoms with Crippen molar-refractivity contribution in [2.45, 2.75) is 44.7 Å². The van der Waals surface area contributed by atoms with Gasteiger partial charge in [0.1, 0.15) is 11.4 Å². The minimum Gasteiger partial charge on any atom is -0.494 e. The summed E-state index contributed by atoms with van der Waals surface area (Å²) in [5.74, 6) is 0.624. The van der Waals surface area contributed by atoms with Gasteiger partial charge in [0.2, 0.25) is 0 Å². The molecule has 200 valence electrons. The number of nitrogens with one attached hydrogen (secondary N) is 3. The highest BCUT2D eigenvalue weighted by Crippen LogP contribution is 2.40. The molecule has 4 heterocycles. The van der Waals surface area contributed by atoms with Crippen molar-refractivity contribution in [1.82, 2.24) is 35.4 Å². The van der Waals surface area contributed by atoms with Crippen molar-refractivity contribution >= 4 is 27.8 Å². The smallest absolute Gasteiger partial charge is 0.251 e. The molecule has 4 aromatic heterocycles. The molecule has 1 aliphatic carbocycles. The average molecular weight is 524 g/mol. The SMILES string of the molecule is CCN[C@@H]1CCCC[C@H]1NC(=O)c1ccc(-c2c(OC)cnc3[nH]c4cnc(-c5cnn(C)c5)cc4c23)cc1. The van der Waals surface area contributed by atoms with Gasteiger partial charge in [-0.1, -0.05) is 31.9 Å². The molecule has 39 heavy (non-hydrogen) atoms. The minimum atomic E-state index is -0.0394. The zero-order valence-corrected chi connectivity index (χ0v) is 22.5. The second-order valence-corrected chi connectivity index (χ2v) is 10.2. The molecule has 0 saturated heterocycles. The number of likely N-dealkylation sites (N-methyl/N-ethyl adjacent to an activating group) is 1. The highest BCUT2D eigenvalue weighted by molar-refractivity contribution is 6.14. The molecule has 0 aliphatic heterocycles. The summed E-state index contributed by atoms with van der Waals surface area (Å²) in [5, 5.41) is 13.0. The van der Waals surface area contributed by atoms with E-state index in [1.807, 2.05) is 43.7 Å². The molecule has 0 radical (unpaired) electrons. The maximum atomic E-state index is 13.2. The lowest BCUT2D eigenvalue weighted by Gasteiger charge is -2.32. The zero-order chi connectivity index (χ0) is 26.9. The Morgan fingerprint density at radius 2 is 1.87 bits per heavy atom. The quantitative estimate of drug-likeness (QED) is 0.282. The van der Waals surface area contributed by atoms with E-state index in [0.29, 0.717) is 17.4 Å². The largest absolute Gasteiger partial charge is 0.494 e. The number of aromatic amines is 1. The van der Waals surface area contributed by atoms with Crippen molar-refractivity contribution in [3.63, 3.8) is 0 Å². The summed E-state index contributed by atoms with van der Waals surface area (Å²) in [4.78, 5) is 25.8. The van der Waals surface area contributed by atoms with Crippen molar-refractivity contribution in [2.75, 3.05) is 13.7 Å². The summed E-state index contributed by atoms with van der Waals surface area (Å²) >= 11 is 0. The molecule has 0 unspecified atom stereocenters. The van der Waals surface area contributed by atoms with Crippen LogP contribution >= 0.6 is 0 Å². The van der Waals surface area contributed by atoms with Crippen LogP contribution in [0.15, 0.2) is 55.1 Å². The first-order valence-electron chi connectivity index (χ1n) is 13.5. The van der Waals surface area contributed by atoms with Gasteiger partial charge in [0.25, 0.3) is 5.91 Å². The number of nitrogens with zero attached hydrogens (tertiary/aromatic N) is 4. The molecular formula is C30H33N7O2. The van der Waals surface area contributed by atoms with E-state index >= 15 is 0 Å². The van der Waals surface area contributed by atoms with Crippen LogP contribution in [0.25, 0.3) is 44.3 Å². The molecule has 0 bridgehead atoms. The van der Waals surface area contributed by atoms with Crippen LogP contribution in [-0.4, -0.2) is 56.4 Å². The van der Waals surface area contributed by atoms with Crippen LogP contribution in [-0.2, 0) is 7.05 Å². The fraction of sp³-hybridized carbons (Fsp3) is 0.333. The number of carbonyl (C=O) groups is 1. The predicted molar refractivity (Wildman–Crippen MR) is 153 cm³/mol. The number of hydrogen-bond acceptors (Lipinski definition) is 6. The number of ether oxygens (including phenoxy) is 1. The van der Waals surface area contributed by atoms with Crippen molar-refractivity contribution in [1.29, 1.82) is 0 Å². The highest BCUT2D eigenvalue weighted by atomic mass is 16.5.